The zero-order chi connectivity index (χ0) is 24.4. The normalized spacial score (nSPS) is 19.5. The smallest absolute Gasteiger partial charge is 0.334 e. The molecule has 6 rings (SSSR count). The lowest BCUT2D eigenvalue weighted by Gasteiger charge is -2.42. The highest BCUT2D eigenvalue weighted by Gasteiger charge is 2.39. The maximum absolute atomic E-state index is 13.6. The number of carbonyl (C=O) groups is 1. The van der Waals surface area contributed by atoms with Gasteiger partial charge in [0.2, 0.25) is 0 Å². The first-order valence-corrected chi connectivity index (χ1v) is 11.4. The van der Waals surface area contributed by atoms with Crippen LogP contribution in [0.2, 0.25) is 0 Å². The van der Waals surface area contributed by atoms with Crippen LogP contribution in [0.3, 0.4) is 0 Å². The van der Waals surface area contributed by atoms with Crippen molar-refractivity contribution >= 4 is 11.6 Å². The number of pyridine rings is 1. The lowest BCUT2D eigenvalue weighted by Crippen LogP contribution is -2.49. The van der Waals surface area contributed by atoms with Gasteiger partial charge in [-0.05, 0) is 36.1 Å². The molecule has 1 amide bonds. The summed E-state index contributed by atoms with van der Waals surface area (Å²) in [6.07, 6.45) is 1.40. The molecule has 180 valence electrons. The van der Waals surface area contributed by atoms with Crippen LogP contribution in [0.15, 0.2) is 29.1 Å². The van der Waals surface area contributed by atoms with Gasteiger partial charge in [-0.2, -0.15) is 5.10 Å². The first-order valence-electron chi connectivity index (χ1n) is 11.4. The lowest BCUT2D eigenvalue weighted by molar-refractivity contribution is -0.386. The number of fused-ring (bicyclic) bond motifs is 7. The van der Waals surface area contributed by atoms with E-state index < -0.39 is 16.2 Å². The minimum absolute atomic E-state index is 0.0478. The van der Waals surface area contributed by atoms with Gasteiger partial charge >= 0.3 is 11.2 Å². The van der Waals surface area contributed by atoms with Gasteiger partial charge in [0.25, 0.3) is 5.91 Å². The van der Waals surface area contributed by atoms with E-state index in [9.17, 15) is 19.7 Å². The Labute approximate surface area is 199 Å². The summed E-state index contributed by atoms with van der Waals surface area (Å²) in [5.74, 6) is 1.10. The Morgan fingerprint density at radius 3 is 2.69 bits per heavy atom. The first kappa shape index (κ1) is 21.4. The van der Waals surface area contributed by atoms with Gasteiger partial charge in [-0.3, -0.25) is 24.8 Å². The highest BCUT2D eigenvalue weighted by molar-refractivity contribution is 5.97. The molecule has 2 unspecified atom stereocenters. The Morgan fingerprint density at radius 1 is 1.17 bits per heavy atom. The second kappa shape index (κ2) is 7.69. The number of piperidine rings is 1. The Kier molecular flexibility index (Phi) is 4.70. The number of H-pyrrole nitrogens is 1. The molecular weight excluding hydrogens is 454 g/mol. The number of rotatable bonds is 4. The molecular formula is C24H23N5O6. The Bertz CT molecular complexity index is 1460. The van der Waals surface area contributed by atoms with Crippen LogP contribution < -0.4 is 15.0 Å². The van der Waals surface area contributed by atoms with Gasteiger partial charge in [-0.1, -0.05) is 0 Å². The molecule has 3 aromatic rings. The summed E-state index contributed by atoms with van der Waals surface area (Å²) in [5, 5.41) is 18.6. The molecule has 1 saturated heterocycles. The van der Waals surface area contributed by atoms with Crippen LogP contribution in [0.25, 0.3) is 11.3 Å². The number of aromatic amines is 1. The SMILES string of the molecule is COc1cc2c(cc1OC)-c1n[nH]c(C(=O)N3CC4CC(C3)c3ccc([N+](=O)[O-])c(=O)n3C4)c1C2. The third-order valence-electron chi connectivity index (χ3n) is 7.38. The molecule has 1 N–H and O–H groups in total. The average Bonchev–Trinajstić information content (AvgIpc) is 3.42. The van der Waals surface area contributed by atoms with Gasteiger partial charge < -0.3 is 18.9 Å². The molecule has 3 aliphatic rings. The third kappa shape index (κ3) is 3.14. The number of benzene rings is 1. The van der Waals surface area contributed by atoms with Crippen LogP contribution in [-0.4, -0.2) is 57.8 Å². The molecule has 35 heavy (non-hydrogen) atoms. The fourth-order valence-electron chi connectivity index (χ4n) is 5.81. The summed E-state index contributed by atoms with van der Waals surface area (Å²) < 4.78 is 12.4. The first-order chi connectivity index (χ1) is 16.9. The van der Waals surface area contributed by atoms with E-state index in [1.54, 1.807) is 20.3 Å². The van der Waals surface area contributed by atoms with Gasteiger partial charge in [0.05, 0.1) is 24.8 Å². The van der Waals surface area contributed by atoms with Crippen molar-refractivity contribution in [1.82, 2.24) is 19.7 Å². The number of nitrogens with zero attached hydrogens (tertiary/aromatic N) is 4. The Balaban J connectivity index is 1.29. The molecule has 2 aromatic heterocycles. The Morgan fingerprint density at radius 2 is 1.94 bits per heavy atom. The fourth-order valence-corrected chi connectivity index (χ4v) is 5.81. The molecule has 4 heterocycles. The number of methoxy groups -OCH3 is 2. The van der Waals surface area contributed by atoms with Crippen LogP contribution in [0.4, 0.5) is 5.69 Å². The molecule has 11 nitrogen and oxygen atoms in total. The van der Waals surface area contributed by atoms with Crippen molar-refractivity contribution in [3.8, 4) is 22.8 Å². The molecule has 2 atom stereocenters. The van der Waals surface area contributed by atoms with E-state index in [0.29, 0.717) is 43.2 Å². The predicted molar refractivity (Wildman–Crippen MR) is 124 cm³/mol. The van der Waals surface area contributed by atoms with E-state index >= 15 is 0 Å². The van der Waals surface area contributed by atoms with E-state index in [1.807, 2.05) is 17.0 Å². The lowest BCUT2D eigenvalue weighted by atomic mass is 9.83. The number of ether oxygens (including phenoxy) is 2. The second-order valence-electron chi connectivity index (χ2n) is 9.29. The number of nitrogens with one attached hydrogen (secondary N) is 1. The van der Waals surface area contributed by atoms with Gasteiger partial charge in [0.15, 0.2) is 11.5 Å². The quantitative estimate of drug-likeness (QED) is 0.352. The molecule has 1 aromatic carbocycles. The minimum Gasteiger partial charge on any atom is -0.493 e. The highest BCUT2D eigenvalue weighted by Crippen LogP contribution is 2.43. The van der Waals surface area contributed by atoms with Crippen LogP contribution >= 0.6 is 0 Å². The molecule has 1 fully saturated rings. The van der Waals surface area contributed by atoms with Gasteiger partial charge in [-0.25, -0.2) is 0 Å². The number of aromatic nitrogens is 3. The standard InChI is InChI=1S/C24H23N5O6/c1-34-19-7-13-6-16-21(15(13)8-20(19)35-2)25-26-22(16)24(31)27-9-12-5-14(11-27)17-3-4-18(29(32)33)23(30)28(17)10-12/h3-4,7-8,12,14H,5-6,9-11H2,1-2H3,(H,25,26). The maximum atomic E-state index is 13.6. The summed E-state index contributed by atoms with van der Waals surface area (Å²) in [6, 6.07) is 6.73. The molecule has 2 aliphatic heterocycles. The van der Waals surface area contributed by atoms with Crippen LogP contribution in [0.1, 0.15) is 39.6 Å². The summed E-state index contributed by atoms with van der Waals surface area (Å²) in [7, 11) is 3.17. The zero-order valence-electron chi connectivity index (χ0n) is 19.2. The maximum Gasteiger partial charge on any atom is 0.334 e. The zero-order valence-corrected chi connectivity index (χ0v) is 19.2. The third-order valence-corrected chi connectivity index (χ3v) is 7.38. The van der Waals surface area contributed by atoms with Crippen molar-refractivity contribution in [1.29, 1.82) is 0 Å². The van der Waals surface area contributed by atoms with Crippen LogP contribution in [-0.2, 0) is 13.0 Å². The van der Waals surface area contributed by atoms with E-state index in [2.05, 4.69) is 10.2 Å². The van der Waals surface area contributed by atoms with E-state index in [1.165, 1.54) is 10.6 Å². The van der Waals surface area contributed by atoms with E-state index in [0.717, 1.165) is 34.5 Å². The van der Waals surface area contributed by atoms with Gasteiger partial charge in [-0.15, -0.1) is 0 Å². The summed E-state index contributed by atoms with van der Waals surface area (Å²) in [6.45, 7) is 1.28. The number of likely N-dealkylation sites (tertiary alicyclic amines) is 1. The summed E-state index contributed by atoms with van der Waals surface area (Å²) in [5.41, 5.74) is 3.76. The molecule has 2 bridgehead atoms. The molecule has 0 radical (unpaired) electrons. The summed E-state index contributed by atoms with van der Waals surface area (Å²) >= 11 is 0. The van der Waals surface area contributed by atoms with Crippen molar-refractivity contribution in [3.05, 3.63) is 67.2 Å². The number of hydrogen-bond acceptors (Lipinski definition) is 7. The van der Waals surface area contributed by atoms with E-state index in [-0.39, 0.29) is 17.7 Å². The Hall–Kier alpha value is -4.15. The number of hydrogen-bond donors (Lipinski definition) is 1. The van der Waals surface area contributed by atoms with Crippen LogP contribution in [0, 0.1) is 16.0 Å². The van der Waals surface area contributed by atoms with Crippen LogP contribution in [0.5, 0.6) is 11.5 Å². The molecule has 11 heteroatoms. The van der Waals surface area contributed by atoms with Crippen molar-refractivity contribution in [3.63, 3.8) is 0 Å². The monoisotopic (exact) mass is 477 g/mol. The van der Waals surface area contributed by atoms with Crippen molar-refractivity contribution in [2.45, 2.75) is 25.3 Å². The van der Waals surface area contributed by atoms with Crippen molar-refractivity contribution < 1.29 is 19.2 Å². The van der Waals surface area contributed by atoms with Crippen molar-refractivity contribution in [2.75, 3.05) is 27.3 Å². The van der Waals surface area contributed by atoms with Gasteiger partial charge in [0.1, 0.15) is 5.69 Å². The largest absolute Gasteiger partial charge is 0.493 e. The number of amides is 1. The molecule has 0 saturated carbocycles. The number of nitro groups is 1. The number of carbonyl (C=O) groups excluding carboxylic acids is 1. The minimum atomic E-state index is -0.641. The average molecular weight is 477 g/mol. The predicted octanol–water partition coefficient (Wildman–Crippen LogP) is 2.33. The fraction of sp³-hybridized carbons (Fsp3) is 0.375. The topological polar surface area (TPSA) is 133 Å². The highest BCUT2D eigenvalue weighted by atomic mass is 16.6. The van der Waals surface area contributed by atoms with Crippen molar-refractivity contribution in [2.24, 2.45) is 5.92 Å². The molecule has 1 aliphatic carbocycles. The second-order valence-corrected chi connectivity index (χ2v) is 9.29. The van der Waals surface area contributed by atoms with E-state index in [4.69, 9.17) is 9.47 Å². The summed E-state index contributed by atoms with van der Waals surface area (Å²) in [4.78, 5) is 38.6. The van der Waals surface area contributed by atoms with Gasteiger partial charge in [0, 0.05) is 54.9 Å². The molecule has 0 spiro atoms.